The smallest absolute Gasteiger partial charge is 0.237 e. The second kappa shape index (κ2) is 5.08. The van der Waals surface area contributed by atoms with Crippen molar-refractivity contribution in [3.05, 3.63) is 0 Å². The lowest BCUT2D eigenvalue weighted by Crippen LogP contribution is -2.62. The number of rotatable bonds is 5. The summed E-state index contributed by atoms with van der Waals surface area (Å²) in [6.07, 6.45) is 10.9. The van der Waals surface area contributed by atoms with Crippen molar-refractivity contribution in [3.63, 3.8) is 0 Å². The third-order valence-electron chi connectivity index (χ3n) is 5.63. The van der Waals surface area contributed by atoms with Gasteiger partial charge in [-0.3, -0.25) is 4.79 Å². The number of hydrogen-bond acceptors (Lipinski definition) is 2. The zero-order valence-electron chi connectivity index (χ0n) is 12.2. The maximum Gasteiger partial charge on any atom is 0.237 e. The first-order valence-corrected chi connectivity index (χ1v) is 8.18. The SMILES string of the molecule is CCCC[C@H](N)C(=O)NC12CC3CC(CC(C3)C1)C2. The third-order valence-corrected chi connectivity index (χ3v) is 5.63. The highest BCUT2D eigenvalue weighted by Gasteiger charge is 2.51. The van der Waals surface area contributed by atoms with Crippen molar-refractivity contribution in [1.29, 1.82) is 0 Å². The number of carbonyl (C=O) groups excluding carboxylic acids is 1. The van der Waals surface area contributed by atoms with Crippen LogP contribution in [0.1, 0.15) is 64.7 Å². The van der Waals surface area contributed by atoms with Crippen molar-refractivity contribution in [2.75, 3.05) is 0 Å². The molecule has 108 valence electrons. The maximum atomic E-state index is 12.3. The Morgan fingerprint density at radius 3 is 2.21 bits per heavy atom. The Balaban J connectivity index is 1.61. The van der Waals surface area contributed by atoms with Gasteiger partial charge in [0.15, 0.2) is 0 Å². The topological polar surface area (TPSA) is 55.1 Å². The van der Waals surface area contributed by atoms with E-state index < -0.39 is 0 Å². The second-order valence-corrected chi connectivity index (χ2v) is 7.44. The summed E-state index contributed by atoms with van der Waals surface area (Å²) in [4.78, 5) is 12.3. The van der Waals surface area contributed by atoms with Gasteiger partial charge in [-0.1, -0.05) is 19.8 Å². The molecule has 0 aromatic carbocycles. The quantitative estimate of drug-likeness (QED) is 0.802. The van der Waals surface area contributed by atoms with Crippen molar-refractivity contribution in [1.82, 2.24) is 5.32 Å². The van der Waals surface area contributed by atoms with Crippen molar-refractivity contribution < 1.29 is 4.79 Å². The molecule has 0 spiro atoms. The van der Waals surface area contributed by atoms with E-state index in [2.05, 4.69) is 12.2 Å². The van der Waals surface area contributed by atoms with E-state index in [0.29, 0.717) is 0 Å². The summed E-state index contributed by atoms with van der Waals surface area (Å²) in [6, 6.07) is -0.298. The molecular formula is C16H28N2O. The highest BCUT2D eigenvalue weighted by molar-refractivity contribution is 5.82. The van der Waals surface area contributed by atoms with Gasteiger partial charge in [0.2, 0.25) is 5.91 Å². The molecular weight excluding hydrogens is 236 g/mol. The van der Waals surface area contributed by atoms with Crippen LogP contribution in [0.15, 0.2) is 0 Å². The minimum atomic E-state index is -0.298. The molecule has 4 aliphatic carbocycles. The van der Waals surface area contributed by atoms with E-state index in [4.69, 9.17) is 5.73 Å². The van der Waals surface area contributed by atoms with Crippen molar-refractivity contribution >= 4 is 5.91 Å². The lowest BCUT2D eigenvalue weighted by Gasteiger charge is -2.57. The summed E-state index contributed by atoms with van der Waals surface area (Å²) in [6.45, 7) is 2.14. The predicted octanol–water partition coefficient (Wildman–Crippen LogP) is 2.59. The van der Waals surface area contributed by atoms with Gasteiger partial charge in [-0.25, -0.2) is 0 Å². The minimum Gasteiger partial charge on any atom is -0.349 e. The van der Waals surface area contributed by atoms with E-state index in [0.717, 1.165) is 37.0 Å². The Bertz CT molecular complexity index is 317. The fraction of sp³-hybridized carbons (Fsp3) is 0.938. The molecule has 4 fully saturated rings. The van der Waals surface area contributed by atoms with Crippen LogP contribution in [0.25, 0.3) is 0 Å². The number of unbranched alkanes of at least 4 members (excludes halogenated alkanes) is 1. The zero-order chi connectivity index (χ0) is 13.5. The van der Waals surface area contributed by atoms with E-state index in [-0.39, 0.29) is 17.5 Å². The molecule has 4 rings (SSSR count). The van der Waals surface area contributed by atoms with Crippen LogP contribution in [0.4, 0.5) is 0 Å². The van der Waals surface area contributed by atoms with Crippen LogP contribution in [0, 0.1) is 17.8 Å². The summed E-state index contributed by atoms with van der Waals surface area (Å²) in [5.41, 5.74) is 6.14. The van der Waals surface area contributed by atoms with Crippen molar-refractivity contribution in [2.45, 2.75) is 76.3 Å². The Hall–Kier alpha value is -0.570. The number of nitrogens with one attached hydrogen (secondary N) is 1. The van der Waals surface area contributed by atoms with Crippen LogP contribution < -0.4 is 11.1 Å². The minimum absolute atomic E-state index is 0.107. The maximum absolute atomic E-state index is 12.3. The monoisotopic (exact) mass is 264 g/mol. The van der Waals surface area contributed by atoms with Gasteiger partial charge in [-0.05, 0) is 62.7 Å². The molecule has 3 heteroatoms. The van der Waals surface area contributed by atoms with Crippen LogP contribution in [-0.2, 0) is 4.79 Å². The summed E-state index contributed by atoms with van der Waals surface area (Å²) in [5, 5.41) is 3.37. The standard InChI is InChI=1S/C16H28N2O/c1-2-3-4-14(17)15(19)18-16-8-11-5-12(9-16)7-13(6-11)10-16/h11-14H,2-10,17H2,1H3,(H,18,19)/t11?,12?,13?,14-,16?/m0/s1. The molecule has 4 saturated carbocycles. The van der Waals surface area contributed by atoms with Crippen LogP contribution in [-0.4, -0.2) is 17.5 Å². The van der Waals surface area contributed by atoms with Gasteiger partial charge in [0, 0.05) is 5.54 Å². The number of hydrogen-bond donors (Lipinski definition) is 2. The molecule has 0 aliphatic heterocycles. The highest BCUT2D eigenvalue weighted by Crippen LogP contribution is 2.55. The third kappa shape index (κ3) is 2.67. The van der Waals surface area contributed by atoms with Crippen LogP contribution in [0.2, 0.25) is 0 Å². The van der Waals surface area contributed by atoms with Gasteiger partial charge >= 0.3 is 0 Å². The van der Waals surface area contributed by atoms with Gasteiger partial charge < -0.3 is 11.1 Å². The number of carbonyl (C=O) groups is 1. The highest BCUT2D eigenvalue weighted by atomic mass is 16.2. The molecule has 0 aromatic rings. The zero-order valence-corrected chi connectivity index (χ0v) is 12.2. The molecule has 4 bridgehead atoms. The van der Waals surface area contributed by atoms with Crippen LogP contribution in [0.5, 0.6) is 0 Å². The largest absolute Gasteiger partial charge is 0.349 e. The number of nitrogens with two attached hydrogens (primary N) is 1. The first-order valence-electron chi connectivity index (χ1n) is 8.18. The van der Waals surface area contributed by atoms with Gasteiger partial charge in [0.05, 0.1) is 6.04 Å². The molecule has 4 aliphatic rings. The summed E-state index contributed by atoms with van der Waals surface area (Å²) in [5.74, 6) is 2.73. The second-order valence-electron chi connectivity index (χ2n) is 7.44. The molecule has 19 heavy (non-hydrogen) atoms. The normalized spacial score (nSPS) is 41.3. The average molecular weight is 264 g/mol. The lowest BCUT2D eigenvalue weighted by atomic mass is 9.53. The van der Waals surface area contributed by atoms with Gasteiger partial charge in [-0.2, -0.15) is 0 Å². The first-order chi connectivity index (χ1) is 9.10. The molecule has 1 amide bonds. The van der Waals surface area contributed by atoms with E-state index >= 15 is 0 Å². The molecule has 3 N–H and O–H groups in total. The number of amides is 1. The molecule has 0 aromatic heterocycles. The fourth-order valence-electron chi connectivity index (χ4n) is 5.17. The molecule has 0 unspecified atom stereocenters. The predicted molar refractivity (Wildman–Crippen MR) is 76.5 cm³/mol. The molecule has 0 radical (unpaired) electrons. The van der Waals surface area contributed by atoms with Gasteiger partial charge in [0.1, 0.15) is 0 Å². The molecule has 1 atom stereocenters. The molecule has 3 nitrogen and oxygen atoms in total. The Kier molecular flexibility index (Phi) is 3.59. The first kappa shape index (κ1) is 13.4. The summed E-state index contributed by atoms with van der Waals surface area (Å²) < 4.78 is 0. The van der Waals surface area contributed by atoms with Crippen molar-refractivity contribution in [2.24, 2.45) is 23.5 Å². The van der Waals surface area contributed by atoms with E-state index in [9.17, 15) is 4.79 Å². The summed E-state index contributed by atoms with van der Waals surface area (Å²) in [7, 11) is 0. The van der Waals surface area contributed by atoms with Gasteiger partial charge in [0.25, 0.3) is 0 Å². The van der Waals surface area contributed by atoms with Gasteiger partial charge in [-0.15, -0.1) is 0 Å². The van der Waals surface area contributed by atoms with E-state index in [1.165, 1.54) is 38.5 Å². The molecule has 0 saturated heterocycles. The fourth-order valence-corrected chi connectivity index (χ4v) is 5.17. The van der Waals surface area contributed by atoms with Crippen molar-refractivity contribution in [3.8, 4) is 0 Å². The molecule has 0 heterocycles. The van der Waals surface area contributed by atoms with Crippen LogP contribution in [0.3, 0.4) is 0 Å². The average Bonchev–Trinajstić information content (AvgIpc) is 2.33. The Labute approximate surface area is 116 Å². The van der Waals surface area contributed by atoms with Crippen LogP contribution >= 0.6 is 0 Å². The lowest BCUT2D eigenvalue weighted by molar-refractivity contribution is -0.128. The van der Waals surface area contributed by atoms with E-state index in [1.54, 1.807) is 0 Å². The van der Waals surface area contributed by atoms with E-state index in [1.807, 2.05) is 0 Å². The Morgan fingerprint density at radius 1 is 1.21 bits per heavy atom. The Morgan fingerprint density at radius 2 is 1.74 bits per heavy atom. The summed E-state index contributed by atoms with van der Waals surface area (Å²) >= 11 is 0.